The fraction of sp³-hybridized carbons (Fsp3) is 0.588. The molecular weight excluding hydrogens is 262 g/mol. The van der Waals surface area contributed by atoms with E-state index in [1.165, 1.54) is 24.8 Å². The molecule has 0 saturated heterocycles. The van der Waals surface area contributed by atoms with Crippen molar-refractivity contribution in [1.82, 2.24) is 0 Å². The number of hydrogen-bond acceptors (Lipinski definition) is 2. The Kier molecular flexibility index (Phi) is 3.89. The SMILES string of the molecule is CCOC1CC(N=C(N)Nc2ccc(C)cc2)C12CCC2. The normalized spacial score (nSPS) is 27.0. The molecule has 3 rings (SSSR count). The van der Waals surface area contributed by atoms with Crippen molar-refractivity contribution in [2.24, 2.45) is 16.1 Å². The lowest BCUT2D eigenvalue weighted by molar-refractivity contribution is -0.162. The molecule has 0 radical (unpaired) electrons. The maximum atomic E-state index is 6.07. The summed E-state index contributed by atoms with van der Waals surface area (Å²) in [7, 11) is 0. The van der Waals surface area contributed by atoms with Gasteiger partial charge in [0.25, 0.3) is 0 Å². The number of aliphatic imine (C=N–C) groups is 1. The third-order valence-corrected chi connectivity index (χ3v) is 5.01. The molecule has 2 fully saturated rings. The molecule has 0 heterocycles. The van der Waals surface area contributed by atoms with E-state index < -0.39 is 0 Å². The van der Waals surface area contributed by atoms with Crippen molar-refractivity contribution in [3.8, 4) is 0 Å². The Labute approximate surface area is 126 Å². The first kappa shape index (κ1) is 14.4. The lowest BCUT2D eigenvalue weighted by Gasteiger charge is -2.59. The van der Waals surface area contributed by atoms with E-state index in [9.17, 15) is 0 Å². The Morgan fingerprint density at radius 3 is 2.67 bits per heavy atom. The van der Waals surface area contributed by atoms with Crippen LogP contribution in [0.5, 0.6) is 0 Å². The number of nitrogens with zero attached hydrogens (tertiary/aromatic N) is 1. The molecule has 4 heteroatoms. The highest BCUT2D eigenvalue weighted by atomic mass is 16.5. The lowest BCUT2D eigenvalue weighted by atomic mass is 9.51. The first-order valence-corrected chi connectivity index (χ1v) is 7.92. The van der Waals surface area contributed by atoms with E-state index in [0.717, 1.165) is 18.7 Å². The number of ether oxygens (including phenoxy) is 1. The predicted octanol–water partition coefficient (Wildman–Crippen LogP) is 3.07. The molecule has 1 spiro atoms. The summed E-state index contributed by atoms with van der Waals surface area (Å²) in [6, 6.07) is 8.51. The van der Waals surface area contributed by atoms with Crippen molar-refractivity contribution in [3.05, 3.63) is 29.8 Å². The molecule has 2 aliphatic rings. The van der Waals surface area contributed by atoms with Crippen molar-refractivity contribution >= 4 is 11.6 Å². The average molecular weight is 287 g/mol. The van der Waals surface area contributed by atoms with E-state index in [0.29, 0.717) is 18.1 Å². The molecule has 2 aliphatic carbocycles. The van der Waals surface area contributed by atoms with Crippen LogP contribution in [0, 0.1) is 12.3 Å². The third kappa shape index (κ3) is 2.64. The Morgan fingerprint density at radius 1 is 1.38 bits per heavy atom. The molecule has 2 unspecified atom stereocenters. The van der Waals surface area contributed by atoms with Crippen LogP contribution >= 0.6 is 0 Å². The molecule has 1 aromatic rings. The van der Waals surface area contributed by atoms with E-state index in [1.54, 1.807) is 0 Å². The number of nitrogens with two attached hydrogens (primary N) is 1. The van der Waals surface area contributed by atoms with Gasteiger partial charge in [0.2, 0.25) is 0 Å². The molecular formula is C17H25N3O. The van der Waals surface area contributed by atoms with Crippen LogP contribution in [0.2, 0.25) is 0 Å². The van der Waals surface area contributed by atoms with Crippen LogP contribution in [0.4, 0.5) is 5.69 Å². The quantitative estimate of drug-likeness (QED) is 0.661. The first-order chi connectivity index (χ1) is 10.1. The Balaban J connectivity index is 1.63. The number of benzene rings is 1. The van der Waals surface area contributed by atoms with Crippen LogP contribution < -0.4 is 11.1 Å². The standard InChI is InChI=1S/C17H25N3O/c1-3-21-15-11-14(17(15)9-4-10-17)20-16(18)19-13-7-5-12(2)6-8-13/h5-8,14-15H,3-4,9-11H2,1-2H3,(H3,18,19,20). The van der Waals surface area contributed by atoms with Crippen LogP contribution in [0.25, 0.3) is 0 Å². The summed E-state index contributed by atoms with van der Waals surface area (Å²) in [5.41, 5.74) is 8.57. The molecule has 0 aliphatic heterocycles. The number of hydrogen-bond donors (Lipinski definition) is 2. The second kappa shape index (κ2) is 5.68. The largest absolute Gasteiger partial charge is 0.378 e. The van der Waals surface area contributed by atoms with E-state index in [2.05, 4.69) is 31.3 Å². The fourth-order valence-corrected chi connectivity index (χ4v) is 3.57. The zero-order valence-corrected chi connectivity index (χ0v) is 12.9. The van der Waals surface area contributed by atoms with Gasteiger partial charge in [-0.25, -0.2) is 4.99 Å². The van der Waals surface area contributed by atoms with Gasteiger partial charge in [0.15, 0.2) is 5.96 Å². The second-order valence-corrected chi connectivity index (χ2v) is 6.29. The minimum atomic E-state index is 0.273. The van der Waals surface area contributed by atoms with Gasteiger partial charge < -0.3 is 15.8 Å². The van der Waals surface area contributed by atoms with Crippen molar-refractivity contribution in [2.75, 3.05) is 11.9 Å². The van der Waals surface area contributed by atoms with Gasteiger partial charge in [0, 0.05) is 17.7 Å². The van der Waals surface area contributed by atoms with Gasteiger partial charge >= 0.3 is 0 Å². The Hall–Kier alpha value is -1.55. The van der Waals surface area contributed by atoms with Crippen LogP contribution in [-0.4, -0.2) is 24.7 Å². The smallest absolute Gasteiger partial charge is 0.193 e. The van der Waals surface area contributed by atoms with Gasteiger partial charge in [-0.1, -0.05) is 24.1 Å². The van der Waals surface area contributed by atoms with Crippen LogP contribution in [0.1, 0.15) is 38.2 Å². The van der Waals surface area contributed by atoms with Gasteiger partial charge in [-0.05, 0) is 45.2 Å². The molecule has 0 aromatic heterocycles. The zero-order valence-electron chi connectivity index (χ0n) is 12.9. The van der Waals surface area contributed by atoms with Gasteiger partial charge in [0.1, 0.15) is 0 Å². The van der Waals surface area contributed by atoms with Crippen LogP contribution in [0.15, 0.2) is 29.3 Å². The Morgan fingerprint density at radius 2 is 2.10 bits per heavy atom. The first-order valence-electron chi connectivity index (χ1n) is 7.92. The molecule has 2 atom stereocenters. The molecule has 21 heavy (non-hydrogen) atoms. The van der Waals surface area contributed by atoms with Gasteiger partial charge in [-0.15, -0.1) is 0 Å². The van der Waals surface area contributed by atoms with E-state index in [1.807, 2.05) is 12.1 Å². The number of rotatable bonds is 4. The minimum absolute atomic E-state index is 0.273. The van der Waals surface area contributed by atoms with Crippen LogP contribution in [0.3, 0.4) is 0 Å². The van der Waals surface area contributed by atoms with E-state index in [4.69, 9.17) is 15.5 Å². The molecule has 4 nitrogen and oxygen atoms in total. The van der Waals surface area contributed by atoms with Gasteiger partial charge in [-0.3, -0.25) is 0 Å². The fourth-order valence-electron chi connectivity index (χ4n) is 3.57. The summed E-state index contributed by atoms with van der Waals surface area (Å²) in [5, 5.41) is 3.19. The highest BCUT2D eigenvalue weighted by Gasteiger charge is 2.59. The molecule has 3 N–H and O–H groups in total. The predicted molar refractivity (Wildman–Crippen MR) is 86.5 cm³/mol. The summed E-state index contributed by atoms with van der Waals surface area (Å²) >= 11 is 0. The van der Waals surface area contributed by atoms with E-state index in [-0.39, 0.29) is 5.41 Å². The van der Waals surface area contributed by atoms with Gasteiger partial charge in [-0.2, -0.15) is 0 Å². The molecule has 0 bridgehead atoms. The Bertz CT molecular complexity index is 519. The van der Waals surface area contributed by atoms with Crippen molar-refractivity contribution < 1.29 is 4.74 Å². The molecule has 0 amide bonds. The van der Waals surface area contributed by atoms with E-state index >= 15 is 0 Å². The zero-order chi connectivity index (χ0) is 14.9. The summed E-state index contributed by atoms with van der Waals surface area (Å²) in [6.45, 7) is 4.93. The maximum Gasteiger partial charge on any atom is 0.193 e. The molecule has 114 valence electrons. The van der Waals surface area contributed by atoms with Crippen molar-refractivity contribution in [2.45, 2.75) is 51.7 Å². The number of guanidine groups is 1. The summed E-state index contributed by atoms with van der Waals surface area (Å²) in [6.07, 6.45) is 5.13. The minimum Gasteiger partial charge on any atom is -0.378 e. The number of nitrogens with one attached hydrogen (secondary N) is 1. The maximum absolute atomic E-state index is 6.07. The van der Waals surface area contributed by atoms with Crippen molar-refractivity contribution in [1.29, 1.82) is 0 Å². The highest BCUT2D eigenvalue weighted by Crippen LogP contribution is 2.58. The average Bonchev–Trinajstić information content (AvgIpc) is 2.38. The number of aryl methyl sites for hydroxylation is 1. The summed E-state index contributed by atoms with van der Waals surface area (Å²) in [4.78, 5) is 4.71. The summed E-state index contributed by atoms with van der Waals surface area (Å²) in [5.74, 6) is 0.519. The molecule has 1 aromatic carbocycles. The monoisotopic (exact) mass is 287 g/mol. The molecule has 2 saturated carbocycles. The topological polar surface area (TPSA) is 59.6 Å². The summed E-state index contributed by atoms with van der Waals surface area (Å²) < 4.78 is 5.85. The highest BCUT2D eigenvalue weighted by molar-refractivity contribution is 5.92. The van der Waals surface area contributed by atoms with Gasteiger partial charge in [0.05, 0.1) is 12.1 Å². The van der Waals surface area contributed by atoms with Crippen molar-refractivity contribution in [3.63, 3.8) is 0 Å². The van der Waals surface area contributed by atoms with Crippen LogP contribution in [-0.2, 0) is 4.74 Å². The second-order valence-electron chi connectivity index (χ2n) is 6.29. The lowest BCUT2D eigenvalue weighted by Crippen LogP contribution is -2.61. The number of anilines is 1. The third-order valence-electron chi connectivity index (χ3n) is 5.01.